The van der Waals surface area contributed by atoms with Crippen LogP contribution < -0.4 is 4.90 Å². The minimum atomic E-state index is -4.57. The molecule has 0 saturated carbocycles. The average molecular weight is 327 g/mol. The second-order valence-corrected chi connectivity index (χ2v) is 5.26. The number of benzene rings is 1. The number of nitrogens with zero attached hydrogens (tertiary/aromatic N) is 5. The van der Waals surface area contributed by atoms with Crippen LogP contribution in [0.2, 0.25) is 0 Å². The first-order chi connectivity index (χ1) is 10.8. The van der Waals surface area contributed by atoms with Crippen molar-refractivity contribution in [2.75, 3.05) is 11.4 Å². The Bertz CT molecular complexity index is 771. The molecule has 1 aromatic carbocycles. The molecule has 122 valence electrons. The first-order valence-electron chi connectivity index (χ1n) is 6.76. The molecule has 0 atom stereocenters. The maximum atomic E-state index is 12.8. The van der Waals surface area contributed by atoms with Gasteiger partial charge in [0.1, 0.15) is 5.69 Å². The van der Waals surface area contributed by atoms with Crippen molar-refractivity contribution in [3.63, 3.8) is 0 Å². The van der Waals surface area contributed by atoms with Crippen molar-refractivity contribution < 1.29 is 18.1 Å². The lowest BCUT2D eigenvalue weighted by molar-refractivity contribution is -0.384. The summed E-state index contributed by atoms with van der Waals surface area (Å²) in [4.78, 5) is 12.3. The molecule has 7 nitrogen and oxygen atoms in total. The number of hydrogen-bond acceptors (Lipinski definition) is 5. The molecule has 0 fully saturated rings. The van der Waals surface area contributed by atoms with E-state index >= 15 is 0 Å². The average Bonchev–Trinajstić information content (AvgIpc) is 2.90. The standard InChI is InChI=1S/C13H12F3N5O2/c1-8-2-3-9(10(6-8)21(22)23)19-4-5-20-11(7-19)17-18-12(20)13(14,15)16/h2-3,6H,4-5,7H2,1H3. The second-order valence-electron chi connectivity index (χ2n) is 5.26. The fourth-order valence-corrected chi connectivity index (χ4v) is 2.62. The van der Waals surface area contributed by atoms with E-state index in [1.165, 1.54) is 6.07 Å². The molecule has 10 heteroatoms. The van der Waals surface area contributed by atoms with Crippen LogP contribution in [0.5, 0.6) is 0 Å². The highest BCUT2D eigenvalue weighted by Gasteiger charge is 2.39. The predicted molar refractivity (Wildman–Crippen MR) is 73.9 cm³/mol. The second kappa shape index (κ2) is 5.21. The van der Waals surface area contributed by atoms with Crippen molar-refractivity contribution in [2.24, 2.45) is 0 Å². The number of halogens is 3. The summed E-state index contributed by atoms with van der Waals surface area (Å²) in [6.07, 6.45) is -4.57. The van der Waals surface area contributed by atoms with Crippen LogP contribution in [0.4, 0.5) is 24.5 Å². The molecule has 0 aliphatic carbocycles. The van der Waals surface area contributed by atoms with Crippen molar-refractivity contribution in [3.05, 3.63) is 45.5 Å². The lowest BCUT2D eigenvalue weighted by Gasteiger charge is -2.29. The van der Waals surface area contributed by atoms with Gasteiger partial charge in [-0.05, 0) is 18.6 Å². The molecule has 1 aliphatic heterocycles. The largest absolute Gasteiger partial charge is 0.451 e. The zero-order valence-electron chi connectivity index (χ0n) is 12.0. The van der Waals surface area contributed by atoms with Crippen molar-refractivity contribution in [2.45, 2.75) is 26.2 Å². The van der Waals surface area contributed by atoms with Gasteiger partial charge in [0.2, 0.25) is 5.82 Å². The Labute approximate surface area is 128 Å². The summed E-state index contributed by atoms with van der Waals surface area (Å²) in [6, 6.07) is 4.77. The molecule has 3 rings (SSSR count). The van der Waals surface area contributed by atoms with Crippen LogP contribution in [0.1, 0.15) is 17.2 Å². The van der Waals surface area contributed by atoms with Gasteiger partial charge >= 0.3 is 6.18 Å². The van der Waals surface area contributed by atoms with E-state index in [9.17, 15) is 23.3 Å². The number of fused-ring (bicyclic) bond motifs is 1. The Balaban J connectivity index is 1.95. The van der Waals surface area contributed by atoms with Gasteiger partial charge in [-0.25, -0.2) is 0 Å². The Morgan fingerprint density at radius 1 is 1.26 bits per heavy atom. The molecule has 0 unspecified atom stereocenters. The van der Waals surface area contributed by atoms with Crippen molar-refractivity contribution in [1.29, 1.82) is 0 Å². The van der Waals surface area contributed by atoms with E-state index in [1.54, 1.807) is 24.0 Å². The van der Waals surface area contributed by atoms with Gasteiger partial charge in [0.15, 0.2) is 5.82 Å². The summed E-state index contributed by atoms with van der Waals surface area (Å²) in [5, 5.41) is 18.0. The first kappa shape index (κ1) is 15.3. The highest BCUT2D eigenvalue weighted by Crippen LogP contribution is 2.33. The molecular formula is C13H12F3N5O2. The van der Waals surface area contributed by atoms with Crippen LogP contribution in [-0.4, -0.2) is 26.2 Å². The molecule has 2 aromatic rings. The number of nitro groups is 1. The fraction of sp³-hybridized carbons (Fsp3) is 0.385. The molecule has 0 N–H and O–H groups in total. The zero-order valence-corrected chi connectivity index (χ0v) is 12.0. The van der Waals surface area contributed by atoms with E-state index in [1.807, 2.05) is 0 Å². The van der Waals surface area contributed by atoms with Crippen LogP contribution in [0.15, 0.2) is 18.2 Å². The first-order valence-corrected chi connectivity index (χ1v) is 6.76. The van der Waals surface area contributed by atoms with Crippen LogP contribution in [0.25, 0.3) is 0 Å². The SMILES string of the molecule is Cc1ccc(N2CCn3c(nnc3C(F)(F)F)C2)c([N+](=O)[O-])c1. The van der Waals surface area contributed by atoms with E-state index in [4.69, 9.17) is 0 Å². The number of rotatable bonds is 2. The summed E-state index contributed by atoms with van der Waals surface area (Å²) in [7, 11) is 0. The smallest absolute Gasteiger partial charge is 0.357 e. The minimum absolute atomic E-state index is 0.0161. The third-order valence-corrected chi connectivity index (χ3v) is 3.68. The molecule has 1 aromatic heterocycles. The molecule has 0 amide bonds. The number of hydrogen-bond donors (Lipinski definition) is 0. The molecule has 2 heterocycles. The van der Waals surface area contributed by atoms with Gasteiger partial charge in [-0.1, -0.05) is 6.07 Å². The molecule has 0 radical (unpaired) electrons. The van der Waals surface area contributed by atoms with Crippen molar-refractivity contribution in [1.82, 2.24) is 14.8 Å². The maximum Gasteiger partial charge on any atom is 0.451 e. The molecule has 0 bridgehead atoms. The third-order valence-electron chi connectivity index (χ3n) is 3.68. The zero-order chi connectivity index (χ0) is 16.8. The maximum absolute atomic E-state index is 12.8. The van der Waals surface area contributed by atoms with Gasteiger partial charge in [0.05, 0.1) is 11.5 Å². The van der Waals surface area contributed by atoms with E-state index in [0.717, 1.165) is 10.1 Å². The number of aromatic nitrogens is 3. The minimum Gasteiger partial charge on any atom is -0.357 e. The number of aryl methyl sites for hydroxylation is 1. The van der Waals surface area contributed by atoms with Gasteiger partial charge in [-0.2, -0.15) is 13.2 Å². The van der Waals surface area contributed by atoms with Crippen LogP contribution in [-0.2, 0) is 19.3 Å². The molecule has 1 aliphatic rings. The Morgan fingerprint density at radius 2 is 2.00 bits per heavy atom. The van der Waals surface area contributed by atoms with Gasteiger partial charge in [-0.3, -0.25) is 10.1 Å². The molecular weight excluding hydrogens is 315 g/mol. The number of anilines is 1. The summed E-state index contributed by atoms with van der Waals surface area (Å²) in [5.74, 6) is -0.899. The van der Waals surface area contributed by atoms with Gasteiger partial charge in [0.25, 0.3) is 5.69 Å². The van der Waals surface area contributed by atoms with Crippen LogP contribution in [0, 0.1) is 17.0 Å². The van der Waals surface area contributed by atoms with Crippen LogP contribution in [0.3, 0.4) is 0 Å². The van der Waals surface area contributed by atoms with Gasteiger partial charge in [-0.15, -0.1) is 10.2 Å². The monoisotopic (exact) mass is 327 g/mol. The van der Waals surface area contributed by atoms with Crippen molar-refractivity contribution in [3.8, 4) is 0 Å². The lowest BCUT2D eigenvalue weighted by atomic mass is 10.1. The van der Waals surface area contributed by atoms with Crippen LogP contribution >= 0.6 is 0 Å². The molecule has 23 heavy (non-hydrogen) atoms. The molecule has 0 saturated heterocycles. The number of alkyl halides is 3. The summed E-state index contributed by atoms with van der Waals surface area (Å²) in [5.41, 5.74) is 1.03. The molecule has 0 spiro atoms. The van der Waals surface area contributed by atoms with E-state index < -0.39 is 16.9 Å². The highest BCUT2D eigenvalue weighted by molar-refractivity contribution is 5.64. The summed E-state index contributed by atoms with van der Waals surface area (Å²) in [6.45, 7) is 1.99. The summed E-state index contributed by atoms with van der Waals surface area (Å²) < 4.78 is 39.5. The van der Waals surface area contributed by atoms with Crippen molar-refractivity contribution >= 4 is 11.4 Å². The summed E-state index contributed by atoms with van der Waals surface area (Å²) >= 11 is 0. The third kappa shape index (κ3) is 2.71. The quantitative estimate of drug-likeness (QED) is 0.626. The normalized spacial score (nSPS) is 14.7. The Kier molecular flexibility index (Phi) is 3.46. The Morgan fingerprint density at radius 3 is 2.65 bits per heavy atom. The lowest BCUT2D eigenvalue weighted by Crippen LogP contribution is -2.35. The fourth-order valence-electron chi connectivity index (χ4n) is 2.62. The predicted octanol–water partition coefficient (Wildman–Crippen LogP) is 2.53. The van der Waals surface area contributed by atoms with Gasteiger partial charge < -0.3 is 9.47 Å². The van der Waals surface area contributed by atoms with Gasteiger partial charge in [0, 0.05) is 19.2 Å². The topological polar surface area (TPSA) is 77.1 Å². The Hall–Kier alpha value is -2.65. The van der Waals surface area contributed by atoms with E-state index in [0.29, 0.717) is 5.69 Å². The van der Waals surface area contributed by atoms with E-state index in [2.05, 4.69) is 10.2 Å². The number of nitro benzene ring substituents is 1. The van der Waals surface area contributed by atoms with E-state index in [-0.39, 0.29) is 31.1 Å². The highest BCUT2D eigenvalue weighted by atomic mass is 19.4.